The van der Waals surface area contributed by atoms with Gasteiger partial charge in [-0.05, 0) is 43.2 Å². The van der Waals surface area contributed by atoms with Gasteiger partial charge in [0.15, 0.2) is 0 Å². The minimum atomic E-state index is -4.23. The SMILES string of the molecule is Cc1ccc(C(F)(F)F)c(C2CCCC(C)C2)c1. The number of aryl methyl sites for hydroxylation is 1. The van der Waals surface area contributed by atoms with Gasteiger partial charge in [0.05, 0.1) is 5.56 Å². The molecule has 1 aliphatic carbocycles. The van der Waals surface area contributed by atoms with Gasteiger partial charge in [-0.15, -0.1) is 0 Å². The highest BCUT2D eigenvalue weighted by molar-refractivity contribution is 5.36. The second kappa shape index (κ2) is 4.94. The molecule has 3 heteroatoms. The summed E-state index contributed by atoms with van der Waals surface area (Å²) in [5, 5.41) is 0. The van der Waals surface area contributed by atoms with Crippen molar-refractivity contribution in [1.82, 2.24) is 0 Å². The topological polar surface area (TPSA) is 0 Å². The molecule has 100 valence electrons. The lowest BCUT2D eigenvalue weighted by atomic mass is 9.77. The lowest BCUT2D eigenvalue weighted by Gasteiger charge is -2.29. The van der Waals surface area contributed by atoms with Crippen LogP contribution in [0.4, 0.5) is 13.2 Å². The lowest BCUT2D eigenvalue weighted by Crippen LogP contribution is -2.17. The Bertz CT molecular complexity index is 420. The van der Waals surface area contributed by atoms with Crippen molar-refractivity contribution in [2.45, 2.75) is 51.6 Å². The van der Waals surface area contributed by atoms with E-state index < -0.39 is 11.7 Å². The molecule has 2 rings (SSSR count). The van der Waals surface area contributed by atoms with Crippen LogP contribution >= 0.6 is 0 Å². The Hall–Kier alpha value is -0.990. The van der Waals surface area contributed by atoms with E-state index in [-0.39, 0.29) is 5.92 Å². The molecule has 1 fully saturated rings. The van der Waals surface area contributed by atoms with Crippen LogP contribution in [0.2, 0.25) is 0 Å². The number of rotatable bonds is 1. The molecule has 0 aliphatic heterocycles. The zero-order chi connectivity index (χ0) is 13.3. The second-order valence-corrected chi connectivity index (χ2v) is 5.56. The molecule has 18 heavy (non-hydrogen) atoms. The summed E-state index contributed by atoms with van der Waals surface area (Å²) in [5.41, 5.74) is 0.984. The Labute approximate surface area is 106 Å². The van der Waals surface area contributed by atoms with Gasteiger partial charge < -0.3 is 0 Å². The van der Waals surface area contributed by atoms with Crippen molar-refractivity contribution in [2.75, 3.05) is 0 Å². The summed E-state index contributed by atoms with van der Waals surface area (Å²) in [5.74, 6) is 0.607. The van der Waals surface area contributed by atoms with E-state index in [0.717, 1.165) is 31.2 Å². The molecule has 1 aromatic carbocycles. The Morgan fingerprint density at radius 3 is 2.50 bits per heavy atom. The maximum Gasteiger partial charge on any atom is 0.416 e. The van der Waals surface area contributed by atoms with Gasteiger partial charge in [-0.2, -0.15) is 13.2 Å². The van der Waals surface area contributed by atoms with Crippen LogP contribution in [0.1, 0.15) is 55.2 Å². The molecule has 0 nitrogen and oxygen atoms in total. The summed E-state index contributed by atoms with van der Waals surface area (Å²) in [6.07, 6.45) is -0.284. The van der Waals surface area contributed by atoms with Crippen LogP contribution in [0, 0.1) is 12.8 Å². The Balaban J connectivity index is 2.38. The van der Waals surface area contributed by atoms with Crippen LogP contribution in [-0.2, 0) is 6.18 Å². The van der Waals surface area contributed by atoms with Crippen molar-refractivity contribution in [3.05, 3.63) is 34.9 Å². The largest absolute Gasteiger partial charge is 0.416 e. The average molecular weight is 256 g/mol. The van der Waals surface area contributed by atoms with Gasteiger partial charge in [-0.1, -0.05) is 37.5 Å². The maximum absolute atomic E-state index is 13.0. The van der Waals surface area contributed by atoms with E-state index in [1.54, 1.807) is 12.1 Å². The fraction of sp³-hybridized carbons (Fsp3) is 0.600. The molecule has 0 radical (unpaired) electrons. The van der Waals surface area contributed by atoms with Crippen LogP contribution in [0.3, 0.4) is 0 Å². The first kappa shape index (κ1) is 13.4. The van der Waals surface area contributed by atoms with Crippen molar-refractivity contribution in [3.8, 4) is 0 Å². The summed E-state index contributed by atoms with van der Waals surface area (Å²) in [6, 6.07) is 4.52. The Morgan fingerprint density at radius 1 is 1.17 bits per heavy atom. The van der Waals surface area contributed by atoms with Gasteiger partial charge in [0.1, 0.15) is 0 Å². The van der Waals surface area contributed by atoms with Gasteiger partial charge in [-0.25, -0.2) is 0 Å². The van der Waals surface area contributed by atoms with E-state index in [1.807, 2.05) is 6.92 Å². The summed E-state index contributed by atoms with van der Waals surface area (Å²) >= 11 is 0. The molecule has 0 heterocycles. The molecule has 1 aliphatic rings. The molecule has 0 aromatic heterocycles. The fourth-order valence-electron chi connectivity index (χ4n) is 2.99. The number of hydrogen-bond donors (Lipinski definition) is 0. The minimum Gasteiger partial charge on any atom is -0.166 e. The van der Waals surface area contributed by atoms with E-state index in [9.17, 15) is 13.2 Å². The highest BCUT2D eigenvalue weighted by Crippen LogP contribution is 2.42. The van der Waals surface area contributed by atoms with Crippen molar-refractivity contribution >= 4 is 0 Å². The lowest BCUT2D eigenvalue weighted by molar-refractivity contribution is -0.138. The molecular formula is C15H19F3. The molecule has 0 amide bonds. The third-order valence-corrected chi connectivity index (χ3v) is 3.89. The molecule has 0 spiro atoms. The van der Waals surface area contributed by atoms with E-state index in [2.05, 4.69) is 6.92 Å². The number of halogens is 3. The van der Waals surface area contributed by atoms with Crippen LogP contribution in [0.5, 0.6) is 0 Å². The van der Waals surface area contributed by atoms with Gasteiger partial charge in [-0.3, -0.25) is 0 Å². The summed E-state index contributed by atoms with van der Waals surface area (Å²) in [6.45, 7) is 3.99. The Kier molecular flexibility index (Phi) is 3.69. The van der Waals surface area contributed by atoms with Crippen LogP contribution in [-0.4, -0.2) is 0 Å². The third-order valence-electron chi connectivity index (χ3n) is 3.89. The highest BCUT2D eigenvalue weighted by Gasteiger charge is 2.35. The molecular weight excluding hydrogens is 237 g/mol. The standard InChI is InChI=1S/C15H19F3/c1-10-4-3-5-12(8-10)13-9-11(2)6-7-14(13)15(16,17)18/h6-7,9-10,12H,3-5,8H2,1-2H3. The van der Waals surface area contributed by atoms with Gasteiger partial charge in [0, 0.05) is 0 Å². The van der Waals surface area contributed by atoms with E-state index in [1.165, 1.54) is 6.07 Å². The van der Waals surface area contributed by atoms with Gasteiger partial charge in [0.25, 0.3) is 0 Å². The molecule has 1 saturated carbocycles. The van der Waals surface area contributed by atoms with Crippen LogP contribution in [0.25, 0.3) is 0 Å². The van der Waals surface area contributed by atoms with Gasteiger partial charge in [0.2, 0.25) is 0 Å². The summed E-state index contributed by atoms with van der Waals surface area (Å²) in [4.78, 5) is 0. The molecule has 0 bridgehead atoms. The normalized spacial score (nSPS) is 25.2. The predicted molar refractivity (Wildman–Crippen MR) is 66.6 cm³/mol. The zero-order valence-electron chi connectivity index (χ0n) is 10.8. The van der Waals surface area contributed by atoms with Crippen LogP contribution in [0.15, 0.2) is 18.2 Å². The molecule has 0 N–H and O–H groups in total. The predicted octanol–water partition coefficient (Wildman–Crippen LogP) is 5.31. The number of alkyl halides is 3. The zero-order valence-corrected chi connectivity index (χ0v) is 10.8. The first-order valence-corrected chi connectivity index (χ1v) is 6.55. The summed E-state index contributed by atoms with van der Waals surface area (Å²) in [7, 11) is 0. The van der Waals surface area contributed by atoms with E-state index >= 15 is 0 Å². The van der Waals surface area contributed by atoms with Crippen molar-refractivity contribution in [1.29, 1.82) is 0 Å². The highest BCUT2D eigenvalue weighted by atomic mass is 19.4. The molecule has 2 unspecified atom stereocenters. The van der Waals surface area contributed by atoms with Crippen molar-refractivity contribution in [3.63, 3.8) is 0 Å². The third kappa shape index (κ3) is 2.88. The number of hydrogen-bond acceptors (Lipinski definition) is 0. The average Bonchev–Trinajstić information content (AvgIpc) is 2.27. The van der Waals surface area contributed by atoms with Gasteiger partial charge >= 0.3 is 6.18 Å². The van der Waals surface area contributed by atoms with Crippen molar-refractivity contribution < 1.29 is 13.2 Å². The number of benzene rings is 1. The first-order chi connectivity index (χ1) is 8.38. The molecule has 0 saturated heterocycles. The smallest absolute Gasteiger partial charge is 0.166 e. The molecule has 1 aromatic rings. The van der Waals surface area contributed by atoms with E-state index in [4.69, 9.17) is 0 Å². The van der Waals surface area contributed by atoms with Crippen molar-refractivity contribution in [2.24, 2.45) is 5.92 Å². The summed E-state index contributed by atoms with van der Waals surface area (Å²) < 4.78 is 39.1. The fourth-order valence-corrected chi connectivity index (χ4v) is 2.99. The Morgan fingerprint density at radius 2 is 1.89 bits per heavy atom. The first-order valence-electron chi connectivity index (χ1n) is 6.55. The minimum absolute atomic E-state index is 0.0743. The van der Waals surface area contributed by atoms with E-state index in [0.29, 0.717) is 11.5 Å². The second-order valence-electron chi connectivity index (χ2n) is 5.56. The maximum atomic E-state index is 13.0. The molecule has 2 atom stereocenters. The quantitative estimate of drug-likeness (QED) is 0.639. The van der Waals surface area contributed by atoms with Crippen LogP contribution < -0.4 is 0 Å². The monoisotopic (exact) mass is 256 g/mol.